The molecular weight excluding hydrogens is 200 g/mol. The lowest BCUT2D eigenvalue weighted by Crippen LogP contribution is -2.29. The van der Waals surface area contributed by atoms with E-state index in [0.717, 1.165) is 36.2 Å². The molecule has 0 aliphatic rings. The quantitative estimate of drug-likeness (QED) is 0.339. The molecule has 0 aliphatic carbocycles. The Labute approximate surface area is 96.6 Å². The number of unbranched alkanes of at least 4 members (excludes halogenated alkanes) is 1. The van der Waals surface area contributed by atoms with Crippen LogP contribution in [0.1, 0.15) is 42.3 Å². The van der Waals surface area contributed by atoms with Gasteiger partial charge in [0.25, 0.3) is 0 Å². The fraction of sp³-hybridized carbons (Fsp3) is 0.500. The number of rotatable bonds is 5. The zero-order valence-electron chi connectivity index (χ0n) is 9.83. The average Bonchev–Trinajstić information content (AvgIpc) is 2.28. The van der Waals surface area contributed by atoms with Gasteiger partial charge in [0.1, 0.15) is 0 Å². The zero-order chi connectivity index (χ0) is 12.0. The van der Waals surface area contributed by atoms with Gasteiger partial charge in [-0.15, -0.1) is 12.3 Å². The van der Waals surface area contributed by atoms with Gasteiger partial charge in [0, 0.05) is 12.5 Å². The highest BCUT2D eigenvalue weighted by atomic mass is 15.2. The van der Waals surface area contributed by atoms with Crippen molar-refractivity contribution < 1.29 is 0 Å². The van der Waals surface area contributed by atoms with E-state index in [9.17, 15) is 0 Å². The summed E-state index contributed by atoms with van der Waals surface area (Å²) in [5.41, 5.74) is 5.72. The summed E-state index contributed by atoms with van der Waals surface area (Å²) in [6.07, 6.45) is 7.86. The fourth-order valence-electron chi connectivity index (χ4n) is 1.66. The Balaban J connectivity index is 2.78. The van der Waals surface area contributed by atoms with Crippen molar-refractivity contribution in [2.75, 3.05) is 0 Å². The van der Waals surface area contributed by atoms with Crippen LogP contribution >= 0.6 is 0 Å². The monoisotopic (exact) mass is 218 g/mol. The van der Waals surface area contributed by atoms with Crippen LogP contribution in [0.4, 0.5) is 0 Å². The molecule has 0 saturated heterocycles. The van der Waals surface area contributed by atoms with Crippen molar-refractivity contribution in [2.45, 2.75) is 39.2 Å². The molecule has 0 bridgehead atoms. The van der Waals surface area contributed by atoms with Gasteiger partial charge in [-0.05, 0) is 38.3 Å². The molecular formula is C12H18N4. The lowest BCUT2D eigenvalue weighted by atomic mass is 10.0. The van der Waals surface area contributed by atoms with Crippen LogP contribution in [0.5, 0.6) is 0 Å². The number of hydrogen-bond acceptors (Lipinski definition) is 4. The Morgan fingerprint density at radius 1 is 1.50 bits per heavy atom. The summed E-state index contributed by atoms with van der Waals surface area (Å²) < 4.78 is 0. The number of nitrogens with two attached hydrogens (primary N) is 1. The van der Waals surface area contributed by atoms with Gasteiger partial charge in [0.05, 0.1) is 11.4 Å². The maximum absolute atomic E-state index is 5.56. The van der Waals surface area contributed by atoms with Crippen molar-refractivity contribution in [3.63, 3.8) is 0 Å². The molecule has 1 heterocycles. The smallest absolute Gasteiger partial charge is 0.0648 e. The van der Waals surface area contributed by atoms with E-state index >= 15 is 0 Å². The van der Waals surface area contributed by atoms with Crippen LogP contribution in [0.25, 0.3) is 0 Å². The molecule has 0 radical (unpaired) electrons. The normalized spacial score (nSPS) is 12.1. The van der Waals surface area contributed by atoms with Gasteiger partial charge >= 0.3 is 0 Å². The molecule has 0 aliphatic heterocycles. The second kappa shape index (κ2) is 6.21. The van der Waals surface area contributed by atoms with Crippen LogP contribution in [-0.4, -0.2) is 10.2 Å². The highest BCUT2D eigenvalue weighted by Crippen LogP contribution is 2.20. The second-order valence-electron chi connectivity index (χ2n) is 3.84. The van der Waals surface area contributed by atoms with E-state index in [1.807, 2.05) is 19.9 Å². The minimum atomic E-state index is 0.0996. The van der Waals surface area contributed by atoms with E-state index in [4.69, 9.17) is 12.3 Å². The molecule has 3 N–H and O–H groups in total. The van der Waals surface area contributed by atoms with Crippen molar-refractivity contribution in [1.29, 1.82) is 0 Å². The summed E-state index contributed by atoms with van der Waals surface area (Å²) in [7, 11) is 0. The average molecular weight is 218 g/mol. The van der Waals surface area contributed by atoms with E-state index in [1.165, 1.54) is 0 Å². The number of nitrogens with zero attached hydrogens (tertiary/aromatic N) is 2. The summed E-state index contributed by atoms with van der Waals surface area (Å²) >= 11 is 0. The van der Waals surface area contributed by atoms with E-state index in [-0.39, 0.29) is 6.04 Å². The van der Waals surface area contributed by atoms with Gasteiger partial charge in [0.15, 0.2) is 0 Å². The van der Waals surface area contributed by atoms with Gasteiger partial charge in [-0.3, -0.25) is 11.3 Å². The Morgan fingerprint density at radius 3 is 2.88 bits per heavy atom. The molecule has 0 spiro atoms. The van der Waals surface area contributed by atoms with E-state index in [2.05, 4.69) is 21.5 Å². The van der Waals surface area contributed by atoms with Gasteiger partial charge in [-0.1, -0.05) is 0 Å². The third-order valence-corrected chi connectivity index (χ3v) is 2.53. The molecule has 0 amide bonds. The first-order valence-corrected chi connectivity index (χ1v) is 5.39. The Kier molecular flexibility index (Phi) is 4.90. The summed E-state index contributed by atoms with van der Waals surface area (Å²) in [6, 6.07) is 2.12. The third kappa shape index (κ3) is 3.30. The molecule has 1 rings (SSSR count). The number of terminal acetylenes is 1. The van der Waals surface area contributed by atoms with Crippen LogP contribution in [0.2, 0.25) is 0 Å². The molecule has 0 aromatic carbocycles. The SMILES string of the molecule is C#CCCCC(NN)c1cc(C)nnc1C. The molecule has 86 valence electrons. The first kappa shape index (κ1) is 12.6. The van der Waals surface area contributed by atoms with Crippen molar-refractivity contribution in [1.82, 2.24) is 15.6 Å². The van der Waals surface area contributed by atoms with Crippen molar-refractivity contribution in [3.05, 3.63) is 23.0 Å². The first-order valence-electron chi connectivity index (χ1n) is 5.39. The summed E-state index contributed by atoms with van der Waals surface area (Å²) in [4.78, 5) is 0. The number of aromatic nitrogens is 2. The molecule has 0 saturated carbocycles. The minimum Gasteiger partial charge on any atom is -0.271 e. The molecule has 1 unspecified atom stereocenters. The van der Waals surface area contributed by atoms with Gasteiger partial charge < -0.3 is 0 Å². The Hall–Kier alpha value is -1.44. The lowest BCUT2D eigenvalue weighted by molar-refractivity contribution is 0.497. The highest BCUT2D eigenvalue weighted by molar-refractivity contribution is 5.23. The summed E-state index contributed by atoms with van der Waals surface area (Å²) in [5.74, 6) is 8.18. The van der Waals surface area contributed by atoms with Crippen LogP contribution in [0, 0.1) is 26.2 Å². The van der Waals surface area contributed by atoms with Gasteiger partial charge in [-0.2, -0.15) is 10.2 Å². The molecule has 16 heavy (non-hydrogen) atoms. The minimum absolute atomic E-state index is 0.0996. The molecule has 4 heteroatoms. The van der Waals surface area contributed by atoms with Crippen LogP contribution in [0.15, 0.2) is 6.07 Å². The fourth-order valence-corrected chi connectivity index (χ4v) is 1.66. The van der Waals surface area contributed by atoms with E-state index in [1.54, 1.807) is 0 Å². The largest absolute Gasteiger partial charge is 0.271 e. The number of hydrazine groups is 1. The van der Waals surface area contributed by atoms with Crippen molar-refractivity contribution in [3.8, 4) is 12.3 Å². The van der Waals surface area contributed by atoms with Crippen molar-refractivity contribution >= 4 is 0 Å². The molecule has 1 aromatic heterocycles. The maximum Gasteiger partial charge on any atom is 0.0648 e. The number of nitrogens with one attached hydrogen (secondary N) is 1. The highest BCUT2D eigenvalue weighted by Gasteiger charge is 2.13. The standard InChI is InChI=1S/C12H18N4/c1-4-5-6-7-12(14-13)11-8-9(2)15-16-10(11)3/h1,8,12,14H,5-7,13H2,2-3H3. The molecule has 0 fully saturated rings. The zero-order valence-corrected chi connectivity index (χ0v) is 9.83. The van der Waals surface area contributed by atoms with Gasteiger partial charge in [-0.25, -0.2) is 0 Å². The van der Waals surface area contributed by atoms with E-state index < -0.39 is 0 Å². The molecule has 1 aromatic rings. The predicted molar refractivity (Wildman–Crippen MR) is 64.3 cm³/mol. The summed E-state index contributed by atoms with van der Waals surface area (Å²) in [5, 5.41) is 8.09. The maximum atomic E-state index is 5.56. The summed E-state index contributed by atoms with van der Waals surface area (Å²) in [6.45, 7) is 3.86. The lowest BCUT2D eigenvalue weighted by Gasteiger charge is -2.17. The molecule has 4 nitrogen and oxygen atoms in total. The Morgan fingerprint density at radius 2 is 2.25 bits per heavy atom. The molecule has 1 atom stereocenters. The van der Waals surface area contributed by atoms with Crippen LogP contribution in [-0.2, 0) is 0 Å². The number of hydrogen-bond donors (Lipinski definition) is 2. The second-order valence-corrected chi connectivity index (χ2v) is 3.84. The predicted octanol–water partition coefficient (Wildman–Crippen LogP) is 1.40. The number of aryl methyl sites for hydroxylation is 2. The third-order valence-electron chi connectivity index (χ3n) is 2.53. The van der Waals surface area contributed by atoms with Crippen LogP contribution < -0.4 is 11.3 Å². The first-order chi connectivity index (χ1) is 7.69. The topological polar surface area (TPSA) is 63.8 Å². The Bertz CT molecular complexity index is 381. The van der Waals surface area contributed by atoms with Crippen LogP contribution in [0.3, 0.4) is 0 Å². The van der Waals surface area contributed by atoms with Crippen molar-refractivity contribution in [2.24, 2.45) is 5.84 Å². The van der Waals surface area contributed by atoms with Gasteiger partial charge in [0.2, 0.25) is 0 Å². The van der Waals surface area contributed by atoms with E-state index in [0.29, 0.717) is 0 Å².